The smallest absolute Gasteiger partial charge is 0.253 e. The third-order valence-electron chi connectivity index (χ3n) is 5.53. The van der Waals surface area contributed by atoms with Gasteiger partial charge in [-0.15, -0.1) is 0 Å². The van der Waals surface area contributed by atoms with Gasteiger partial charge in [-0.25, -0.2) is 4.68 Å². The third kappa shape index (κ3) is 2.35. The minimum Gasteiger partial charge on any atom is -0.307 e. The number of aromatic nitrogens is 3. The summed E-state index contributed by atoms with van der Waals surface area (Å²) in [5.41, 5.74) is 4.10. The van der Waals surface area contributed by atoms with Gasteiger partial charge in [0.25, 0.3) is 5.56 Å². The van der Waals surface area contributed by atoms with Crippen molar-refractivity contribution >= 4 is 11.0 Å². The van der Waals surface area contributed by atoms with E-state index in [1.807, 2.05) is 4.68 Å². The molecule has 2 aromatic rings. The normalized spacial score (nSPS) is 21.1. The zero-order valence-electron chi connectivity index (χ0n) is 14.1. The minimum absolute atomic E-state index is 0.0293. The number of rotatable bonds is 3. The Balaban J connectivity index is 1.97. The first-order chi connectivity index (χ1) is 11.7. The monoisotopic (exact) mass is 325 g/mol. The van der Waals surface area contributed by atoms with Crippen LogP contribution in [0.2, 0.25) is 0 Å². The molecular formula is C18H23N5O. The zero-order valence-corrected chi connectivity index (χ0v) is 14.1. The van der Waals surface area contributed by atoms with Gasteiger partial charge in [-0.1, -0.05) is 0 Å². The number of aromatic amines is 1. The summed E-state index contributed by atoms with van der Waals surface area (Å²) in [5, 5.41) is 15.0. The summed E-state index contributed by atoms with van der Waals surface area (Å²) in [6, 6.07) is 2.49. The Morgan fingerprint density at radius 1 is 1.29 bits per heavy atom. The summed E-state index contributed by atoms with van der Waals surface area (Å²) in [5.74, 6) is 0. The number of fused-ring (bicyclic) bond motifs is 3. The van der Waals surface area contributed by atoms with E-state index in [2.05, 4.69) is 23.0 Å². The van der Waals surface area contributed by atoms with Crippen LogP contribution >= 0.6 is 0 Å². The van der Waals surface area contributed by atoms with Crippen LogP contribution in [0, 0.1) is 11.3 Å². The molecule has 24 heavy (non-hydrogen) atoms. The van der Waals surface area contributed by atoms with E-state index in [4.69, 9.17) is 10.4 Å². The van der Waals surface area contributed by atoms with Crippen LogP contribution in [0.4, 0.5) is 0 Å². The molecule has 0 aromatic carbocycles. The van der Waals surface area contributed by atoms with E-state index >= 15 is 0 Å². The number of hydrogen-bond acceptors (Lipinski definition) is 4. The zero-order chi connectivity index (χ0) is 16.7. The number of pyridine rings is 1. The Bertz CT molecular complexity index is 872. The van der Waals surface area contributed by atoms with E-state index in [-0.39, 0.29) is 5.56 Å². The van der Waals surface area contributed by atoms with Crippen LogP contribution in [0.5, 0.6) is 0 Å². The van der Waals surface area contributed by atoms with Crippen molar-refractivity contribution in [1.82, 2.24) is 19.7 Å². The van der Waals surface area contributed by atoms with Crippen molar-refractivity contribution < 1.29 is 0 Å². The van der Waals surface area contributed by atoms with Crippen molar-refractivity contribution in [3.63, 3.8) is 0 Å². The molecule has 126 valence electrons. The van der Waals surface area contributed by atoms with Gasteiger partial charge in [0.1, 0.15) is 5.65 Å². The van der Waals surface area contributed by atoms with Crippen molar-refractivity contribution in [1.29, 1.82) is 5.26 Å². The highest BCUT2D eigenvalue weighted by atomic mass is 16.1. The number of nitrogens with one attached hydrogen (secondary N) is 1. The van der Waals surface area contributed by atoms with E-state index in [9.17, 15) is 4.79 Å². The molecule has 1 N–H and O–H groups in total. The SMILES string of the molecule is CN1CCC[C@@H]1c1nn(CCC#N)c2[nH]c(=O)c3c(c12)CCCC3. The Morgan fingerprint density at radius 2 is 2.08 bits per heavy atom. The number of nitrogens with zero attached hydrogens (tertiary/aromatic N) is 4. The van der Waals surface area contributed by atoms with E-state index in [0.717, 1.165) is 60.9 Å². The van der Waals surface area contributed by atoms with Gasteiger partial charge in [0.15, 0.2) is 0 Å². The van der Waals surface area contributed by atoms with Gasteiger partial charge in [-0.3, -0.25) is 9.69 Å². The van der Waals surface area contributed by atoms with Crippen LogP contribution in [0.15, 0.2) is 4.79 Å². The largest absolute Gasteiger partial charge is 0.307 e. The average Bonchev–Trinajstić information content (AvgIpc) is 3.17. The van der Waals surface area contributed by atoms with Crippen LogP contribution in [-0.4, -0.2) is 33.3 Å². The lowest BCUT2D eigenvalue weighted by Gasteiger charge is -2.20. The van der Waals surface area contributed by atoms with Crippen LogP contribution in [0.3, 0.4) is 0 Å². The molecule has 1 fully saturated rings. The van der Waals surface area contributed by atoms with Gasteiger partial charge in [0.2, 0.25) is 0 Å². The lowest BCUT2D eigenvalue weighted by Crippen LogP contribution is -2.21. The van der Waals surface area contributed by atoms with Gasteiger partial charge in [0.05, 0.1) is 30.8 Å². The van der Waals surface area contributed by atoms with Gasteiger partial charge >= 0.3 is 0 Å². The maximum atomic E-state index is 12.5. The fourth-order valence-corrected chi connectivity index (χ4v) is 4.33. The van der Waals surface area contributed by atoms with Gasteiger partial charge in [0, 0.05) is 10.9 Å². The van der Waals surface area contributed by atoms with E-state index in [1.54, 1.807) is 0 Å². The molecule has 6 nitrogen and oxygen atoms in total. The van der Waals surface area contributed by atoms with Gasteiger partial charge < -0.3 is 4.98 Å². The molecule has 1 saturated heterocycles. The quantitative estimate of drug-likeness (QED) is 0.939. The van der Waals surface area contributed by atoms with Crippen molar-refractivity contribution in [2.75, 3.05) is 13.6 Å². The van der Waals surface area contributed by atoms with Crippen LogP contribution in [-0.2, 0) is 19.4 Å². The second-order valence-corrected chi connectivity index (χ2v) is 7.00. The van der Waals surface area contributed by atoms with Crippen molar-refractivity contribution in [3.05, 3.63) is 27.2 Å². The summed E-state index contributed by atoms with van der Waals surface area (Å²) < 4.78 is 1.84. The van der Waals surface area contributed by atoms with Crippen LogP contribution in [0.25, 0.3) is 11.0 Å². The highest BCUT2D eigenvalue weighted by Gasteiger charge is 2.30. The van der Waals surface area contributed by atoms with Crippen molar-refractivity contribution in [2.45, 2.75) is 57.5 Å². The molecule has 1 aliphatic carbocycles. The molecule has 2 aromatic heterocycles. The predicted molar refractivity (Wildman–Crippen MR) is 91.8 cm³/mol. The molecule has 1 aliphatic heterocycles. The number of likely N-dealkylation sites (tertiary alicyclic amines) is 1. The molecule has 0 saturated carbocycles. The van der Waals surface area contributed by atoms with Crippen LogP contribution in [0.1, 0.15) is 55.0 Å². The Morgan fingerprint density at radius 3 is 2.79 bits per heavy atom. The lowest BCUT2D eigenvalue weighted by atomic mass is 9.89. The molecule has 2 aliphatic rings. The Kier molecular flexibility index (Phi) is 3.89. The number of hydrogen-bond donors (Lipinski definition) is 1. The van der Waals surface area contributed by atoms with Crippen molar-refractivity contribution in [3.8, 4) is 6.07 Å². The molecule has 3 heterocycles. The third-order valence-corrected chi connectivity index (χ3v) is 5.53. The molecule has 0 radical (unpaired) electrons. The van der Waals surface area contributed by atoms with Gasteiger partial charge in [-0.05, 0) is 57.7 Å². The first-order valence-corrected chi connectivity index (χ1v) is 8.92. The maximum Gasteiger partial charge on any atom is 0.253 e. The van der Waals surface area contributed by atoms with Crippen LogP contribution < -0.4 is 5.56 Å². The molecule has 0 amide bonds. The van der Waals surface area contributed by atoms with E-state index in [0.29, 0.717) is 19.0 Å². The molecule has 4 rings (SSSR count). The van der Waals surface area contributed by atoms with E-state index < -0.39 is 0 Å². The number of H-pyrrole nitrogens is 1. The highest BCUT2D eigenvalue weighted by Crippen LogP contribution is 2.37. The summed E-state index contributed by atoms with van der Waals surface area (Å²) >= 11 is 0. The second kappa shape index (κ2) is 6.06. The molecular weight excluding hydrogens is 302 g/mol. The summed E-state index contributed by atoms with van der Waals surface area (Å²) in [6.45, 7) is 1.61. The minimum atomic E-state index is 0.0293. The number of aryl methyl sites for hydroxylation is 2. The summed E-state index contributed by atoms with van der Waals surface area (Å²) in [7, 11) is 2.15. The molecule has 6 heteroatoms. The summed E-state index contributed by atoms with van der Waals surface area (Å²) in [4.78, 5) is 18.0. The van der Waals surface area contributed by atoms with E-state index in [1.165, 1.54) is 12.0 Å². The Labute approximate surface area is 141 Å². The first-order valence-electron chi connectivity index (χ1n) is 8.92. The topological polar surface area (TPSA) is 77.7 Å². The molecule has 0 spiro atoms. The second-order valence-electron chi connectivity index (χ2n) is 7.00. The van der Waals surface area contributed by atoms with Crippen molar-refractivity contribution in [2.24, 2.45) is 0 Å². The standard InChI is InChI=1S/C18H23N5O/c1-22-10-4-8-14(22)16-15-12-6-2-3-7-13(12)18(24)20-17(15)23(21-16)11-5-9-19/h14H,2-8,10-11H2,1H3,(H,20,24)/t14-/m1/s1. The average molecular weight is 325 g/mol. The predicted octanol–water partition coefficient (Wildman–Crippen LogP) is 2.28. The first kappa shape index (κ1) is 15.4. The Hall–Kier alpha value is -2.13. The fourth-order valence-electron chi connectivity index (χ4n) is 4.33. The lowest BCUT2D eigenvalue weighted by molar-refractivity contribution is 0.311. The van der Waals surface area contributed by atoms with Gasteiger partial charge in [-0.2, -0.15) is 10.4 Å². The maximum absolute atomic E-state index is 12.5. The molecule has 1 atom stereocenters. The molecule has 0 bridgehead atoms. The fraction of sp³-hybridized carbons (Fsp3) is 0.611. The number of nitriles is 1. The summed E-state index contributed by atoms with van der Waals surface area (Å²) in [6.07, 6.45) is 6.73. The highest BCUT2D eigenvalue weighted by molar-refractivity contribution is 5.84. The molecule has 0 unspecified atom stereocenters.